The maximum atomic E-state index is 16.6. The van der Waals surface area contributed by atoms with E-state index in [1.54, 1.807) is 13.0 Å². The van der Waals surface area contributed by atoms with Gasteiger partial charge in [-0.2, -0.15) is 9.97 Å². The number of hydrogen-bond donors (Lipinski definition) is 1. The smallest absolute Gasteiger partial charge is 0.319 e. The van der Waals surface area contributed by atoms with Crippen molar-refractivity contribution in [1.29, 1.82) is 0 Å². The minimum Gasteiger partial charge on any atom is -0.508 e. The van der Waals surface area contributed by atoms with E-state index in [1.807, 2.05) is 11.8 Å². The Bertz CT molecular complexity index is 1690. The quantitative estimate of drug-likeness (QED) is 0.315. The van der Waals surface area contributed by atoms with Gasteiger partial charge in [0, 0.05) is 31.6 Å². The molecule has 3 aliphatic rings. The molecule has 3 saturated heterocycles. The molecule has 5 heterocycles. The van der Waals surface area contributed by atoms with Crippen LogP contribution in [0.3, 0.4) is 0 Å². The van der Waals surface area contributed by atoms with Gasteiger partial charge in [0.1, 0.15) is 41.4 Å². The molecule has 2 atom stereocenters. The summed E-state index contributed by atoms with van der Waals surface area (Å²) in [5.74, 6) is -0.603. The first-order chi connectivity index (χ1) is 19.8. The molecule has 7 rings (SSSR count). The molecule has 0 amide bonds. The molecule has 3 aliphatic heterocycles. The van der Waals surface area contributed by atoms with Crippen LogP contribution >= 0.6 is 0 Å². The number of aryl methyl sites for hydroxylation is 2. The van der Waals surface area contributed by atoms with Crippen LogP contribution in [0.15, 0.2) is 24.3 Å². The van der Waals surface area contributed by atoms with Crippen molar-refractivity contribution in [3.8, 4) is 23.0 Å². The zero-order valence-corrected chi connectivity index (χ0v) is 23.2. The summed E-state index contributed by atoms with van der Waals surface area (Å²) in [6.07, 6.45) is 2.70. The number of ether oxygens (including phenoxy) is 1. The SMILES string of the molecule is CCc1c(F)ccc2cc(O)cc(-c3nc(C)c4c(N5CCC5)nc(OC[C@@]56CCCN5C[C@H](F)C6)nc4c3F)c12. The number of benzene rings is 2. The number of rotatable bonds is 6. The van der Waals surface area contributed by atoms with E-state index in [0.717, 1.165) is 38.9 Å². The fraction of sp³-hybridized carbons (Fsp3) is 0.452. The second-order valence-electron chi connectivity index (χ2n) is 11.6. The van der Waals surface area contributed by atoms with Gasteiger partial charge >= 0.3 is 6.01 Å². The number of hydrogen-bond acceptors (Lipinski definition) is 7. The molecule has 0 aliphatic carbocycles. The maximum absolute atomic E-state index is 16.6. The first-order valence-corrected chi connectivity index (χ1v) is 14.4. The van der Waals surface area contributed by atoms with Gasteiger partial charge in [-0.25, -0.2) is 18.2 Å². The van der Waals surface area contributed by atoms with Crippen LogP contribution in [0.1, 0.15) is 43.9 Å². The Morgan fingerprint density at radius 3 is 2.66 bits per heavy atom. The molecule has 10 heteroatoms. The number of pyridine rings is 1. The van der Waals surface area contributed by atoms with E-state index in [1.165, 1.54) is 18.2 Å². The second-order valence-corrected chi connectivity index (χ2v) is 11.6. The summed E-state index contributed by atoms with van der Waals surface area (Å²) in [6.45, 7) is 6.62. The van der Waals surface area contributed by atoms with E-state index in [0.29, 0.717) is 58.2 Å². The van der Waals surface area contributed by atoms with Crippen LogP contribution in [-0.4, -0.2) is 69.5 Å². The molecule has 2 aromatic carbocycles. The van der Waals surface area contributed by atoms with Crippen molar-refractivity contribution in [3.05, 3.63) is 47.2 Å². The van der Waals surface area contributed by atoms with Crippen LogP contribution < -0.4 is 9.64 Å². The van der Waals surface area contributed by atoms with E-state index in [4.69, 9.17) is 9.72 Å². The summed E-state index contributed by atoms with van der Waals surface area (Å²) in [4.78, 5) is 18.1. The largest absolute Gasteiger partial charge is 0.508 e. The Balaban J connectivity index is 1.39. The number of alkyl halides is 1. The number of nitrogens with zero attached hydrogens (tertiary/aromatic N) is 5. The minimum atomic E-state index is -0.892. The standard InChI is InChI=1S/C31H32F3N5O2/c1-3-21-23(33)7-6-18-12-20(40)13-22(25(18)21)27-26(34)28-24(17(2)35-27)29(38-9-5-10-38)37-30(36-28)41-16-31-8-4-11-39(31)15-19(32)14-31/h6-7,12-13,19,40H,3-5,8-11,14-16H2,1-2H3/t19-,31+/m1/s1. The van der Waals surface area contributed by atoms with Crippen molar-refractivity contribution in [2.45, 2.75) is 57.7 Å². The molecule has 4 aromatic rings. The fourth-order valence-electron chi connectivity index (χ4n) is 6.99. The van der Waals surface area contributed by atoms with Gasteiger partial charge in [0.25, 0.3) is 0 Å². The van der Waals surface area contributed by atoms with Crippen LogP contribution in [0.5, 0.6) is 11.8 Å². The third-order valence-electron chi connectivity index (χ3n) is 9.07. The average Bonchev–Trinajstić information content (AvgIpc) is 3.43. The second kappa shape index (κ2) is 9.72. The molecule has 7 nitrogen and oxygen atoms in total. The predicted molar refractivity (Wildman–Crippen MR) is 151 cm³/mol. The molecule has 0 radical (unpaired) electrons. The Morgan fingerprint density at radius 2 is 1.90 bits per heavy atom. The molecule has 0 bridgehead atoms. The van der Waals surface area contributed by atoms with Crippen molar-refractivity contribution < 1.29 is 23.0 Å². The van der Waals surface area contributed by atoms with E-state index in [9.17, 15) is 13.9 Å². The third kappa shape index (κ3) is 4.17. The molecule has 3 fully saturated rings. The number of aromatic nitrogens is 3. The molecular formula is C31H32F3N5O2. The van der Waals surface area contributed by atoms with Crippen LogP contribution in [0, 0.1) is 18.6 Å². The van der Waals surface area contributed by atoms with Crippen LogP contribution in [-0.2, 0) is 6.42 Å². The monoisotopic (exact) mass is 563 g/mol. The first-order valence-electron chi connectivity index (χ1n) is 14.4. The maximum Gasteiger partial charge on any atom is 0.319 e. The summed E-state index contributed by atoms with van der Waals surface area (Å²) in [5, 5.41) is 12.1. The molecule has 41 heavy (non-hydrogen) atoms. The van der Waals surface area contributed by atoms with Gasteiger partial charge in [-0.05, 0) is 73.7 Å². The number of phenols is 1. The van der Waals surface area contributed by atoms with Gasteiger partial charge in [-0.3, -0.25) is 4.90 Å². The lowest BCUT2D eigenvalue weighted by Crippen LogP contribution is -2.43. The highest BCUT2D eigenvalue weighted by atomic mass is 19.1. The molecule has 0 saturated carbocycles. The van der Waals surface area contributed by atoms with Gasteiger partial charge in [0.15, 0.2) is 5.82 Å². The first kappa shape index (κ1) is 26.3. The zero-order valence-electron chi connectivity index (χ0n) is 23.2. The van der Waals surface area contributed by atoms with Gasteiger partial charge in [0.05, 0.1) is 16.6 Å². The highest BCUT2D eigenvalue weighted by molar-refractivity contribution is 6.02. The average molecular weight is 564 g/mol. The van der Waals surface area contributed by atoms with Gasteiger partial charge < -0.3 is 14.7 Å². The Kier molecular flexibility index (Phi) is 6.22. The highest BCUT2D eigenvalue weighted by Crippen LogP contribution is 2.42. The molecule has 1 N–H and O–H groups in total. The van der Waals surface area contributed by atoms with Gasteiger partial charge in [-0.15, -0.1) is 0 Å². The molecular weight excluding hydrogens is 531 g/mol. The van der Waals surface area contributed by atoms with Crippen molar-refractivity contribution in [2.24, 2.45) is 0 Å². The molecule has 2 aromatic heterocycles. The normalized spacial score (nSPS) is 22.5. The molecule has 214 valence electrons. The Labute approximate surface area is 236 Å². The fourth-order valence-corrected chi connectivity index (χ4v) is 6.99. The molecule has 0 spiro atoms. The highest BCUT2D eigenvalue weighted by Gasteiger charge is 2.49. The van der Waals surface area contributed by atoms with Crippen LogP contribution in [0.25, 0.3) is 32.9 Å². The number of phenolic OH excluding ortho intramolecular Hbond substituents is 1. The van der Waals surface area contributed by atoms with Crippen LogP contribution in [0.4, 0.5) is 19.0 Å². The third-order valence-corrected chi connectivity index (χ3v) is 9.07. The Morgan fingerprint density at radius 1 is 1.07 bits per heavy atom. The van der Waals surface area contributed by atoms with Crippen molar-refractivity contribution >= 4 is 27.5 Å². The summed E-state index contributed by atoms with van der Waals surface area (Å²) in [7, 11) is 0. The lowest BCUT2D eigenvalue weighted by Gasteiger charge is -2.34. The van der Waals surface area contributed by atoms with Gasteiger partial charge in [0.2, 0.25) is 0 Å². The van der Waals surface area contributed by atoms with Gasteiger partial charge in [-0.1, -0.05) is 13.0 Å². The van der Waals surface area contributed by atoms with E-state index < -0.39 is 23.3 Å². The number of halogens is 3. The predicted octanol–water partition coefficient (Wildman–Crippen LogP) is 5.86. The summed E-state index contributed by atoms with van der Waals surface area (Å²) < 4.78 is 52.0. The van der Waals surface area contributed by atoms with E-state index in [2.05, 4.69) is 14.9 Å². The van der Waals surface area contributed by atoms with E-state index in [-0.39, 0.29) is 29.6 Å². The number of fused-ring (bicyclic) bond motifs is 3. The molecule has 0 unspecified atom stereocenters. The Hall–Kier alpha value is -3.66. The summed E-state index contributed by atoms with van der Waals surface area (Å²) in [6, 6.07) is 5.94. The van der Waals surface area contributed by atoms with Crippen LogP contribution in [0.2, 0.25) is 0 Å². The lowest BCUT2D eigenvalue weighted by atomic mass is 9.94. The lowest BCUT2D eigenvalue weighted by molar-refractivity contribution is 0.107. The van der Waals surface area contributed by atoms with Crippen molar-refractivity contribution in [1.82, 2.24) is 19.9 Å². The summed E-state index contributed by atoms with van der Waals surface area (Å²) >= 11 is 0. The van der Waals surface area contributed by atoms with E-state index >= 15 is 4.39 Å². The number of aromatic hydroxyl groups is 1. The van der Waals surface area contributed by atoms with Crippen molar-refractivity contribution in [2.75, 3.05) is 37.7 Å². The van der Waals surface area contributed by atoms with Crippen molar-refractivity contribution in [3.63, 3.8) is 0 Å². The zero-order chi connectivity index (χ0) is 28.5. The topological polar surface area (TPSA) is 74.6 Å². The summed E-state index contributed by atoms with van der Waals surface area (Å²) in [5.41, 5.74) is 0.881. The number of anilines is 1. The minimum absolute atomic E-state index is 0.0213.